The molecule has 0 fully saturated rings. The van der Waals surface area contributed by atoms with Crippen LogP contribution in [0.25, 0.3) is 6.08 Å². The average molecular weight is 244 g/mol. The highest BCUT2D eigenvalue weighted by Gasteiger charge is 2.10. The predicted molar refractivity (Wildman–Crippen MR) is 79.4 cm³/mol. The van der Waals surface area contributed by atoms with Gasteiger partial charge in [-0.3, -0.25) is 0 Å². The fourth-order valence-corrected chi connectivity index (χ4v) is 1.72. The maximum atomic E-state index is 10.2. The van der Waals surface area contributed by atoms with Gasteiger partial charge in [0.25, 0.3) is 0 Å². The monoisotopic (exact) mass is 244 g/mol. The molecule has 1 unspecified atom stereocenters. The Bertz CT molecular complexity index is 374. The molecule has 0 aliphatic rings. The van der Waals surface area contributed by atoms with Crippen molar-refractivity contribution in [3.8, 4) is 0 Å². The fraction of sp³-hybridized carbons (Fsp3) is 0.412. The Morgan fingerprint density at radius 2 is 1.83 bits per heavy atom. The van der Waals surface area contributed by atoms with Gasteiger partial charge in [0.2, 0.25) is 0 Å². The van der Waals surface area contributed by atoms with Gasteiger partial charge in [-0.2, -0.15) is 0 Å². The number of hydrogen-bond acceptors (Lipinski definition) is 1. The lowest BCUT2D eigenvalue weighted by atomic mass is 10.0. The molecule has 18 heavy (non-hydrogen) atoms. The Kier molecular flexibility index (Phi) is 6.45. The quantitative estimate of drug-likeness (QED) is 0.549. The van der Waals surface area contributed by atoms with Crippen molar-refractivity contribution in [1.82, 2.24) is 0 Å². The summed E-state index contributed by atoms with van der Waals surface area (Å²) in [7, 11) is 0. The largest absolute Gasteiger partial charge is 0.382 e. The summed E-state index contributed by atoms with van der Waals surface area (Å²) in [5, 5.41) is 10.2. The number of unbranched alkanes of at least 4 members (excludes halogenated alkanes) is 3. The van der Waals surface area contributed by atoms with Crippen molar-refractivity contribution < 1.29 is 5.11 Å². The van der Waals surface area contributed by atoms with Gasteiger partial charge in [0.1, 0.15) is 0 Å². The number of aliphatic hydroxyl groups is 1. The smallest absolute Gasteiger partial charge is 0.0983 e. The van der Waals surface area contributed by atoms with E-state index in [1.54, 1.807) is 0 Å². The van der Waals surface area contributed by atoms with Crippen LogP contribution in [-0.4, -0.2) is 10.7 Å². The zero-order valence-electron chi connectivity index (χ0n) is 11.5. The molecule has 0 aromatic heterocycles. The minimum atomic E-state index is -0.859. The molecule has 1 aromatic carbocycles. The minimum Gasteiger partial charge on any atom is -0.382 e. The van der Waals surface area contributed by atoms with Gasteiger partial charge in [-0.15, -0.1) is 0 Å². The first-order valence-electron chi connectivity index (χ1n) is 6.78. The van der Waals surface area contributed by atoms with Crippen molar-refractivity contribution in [3.05, 3.63) is 54.1 Å². The molecule has 0 amide bonds. The van der Waals surface area contributed by atoms with Crippen LogP contribution in [0.2, 0.25) is 0 Å². The average Bonchev–Trinajstić information content (AvgIpc) is 2.38. The summed E-state index contributed by atoms with van der Waals surface area (Å²) in [6.07, 6.45) is 12.5. The zero-order valence-corrected chi connectivity index (χ0v) is 11.5. The van der Waals surface area contributed by atoms with E-state index in [0.717, 1.165) is 12.0 Å². The number of allylic oxidation sites excluding steroid dienone is 1. The Morgan fingerprint density at radius 1 is 1.11 bits per heavy atom. The van der Waals surface area contributed by atoms with Crippen molar-refractivity contribution in [2.24, 2.45) is 0 Å². The first-order valence-corrected chi connectivity index (χ1v) is 6.78. The van der Waals surface area contributed by atoms with E-state index in [0.29, 0.717) is 0 Å². The number of benzene rings is 1. The van der Waals surface area contributed by atoms with Crippen LogP contribution in [0.1, 0.15) is 45.1 Å². The fourth-order valence-electron chi connectivity index (χ4n) is 1.72. The van der Waals surface area contributed by atoms with Gasteiger partial charge in [0, 0.05) is 0 Å². The number of rotatable bonds is 7. The molecule has 98 valence electrons. The molecule has 0 radical (unpaired) electrons. The highest BCUT2D eigenvalue weighted by atomic mass is 16.3. The van der Waals surface area contributed by atoms with Crippen LogP contribution >= 0.6 is 0 Å². The SMILES string of the molecule is CCCCC/C=C/C(C)(O)/C=C/c1ccccc1. The van der Waals surface area contributed by atoms with Crippen molar-refractivity contribution in [2.45, 2.75) is 45.1 Å². The molecule has 0 heterocycles. The summed E-state index contributed by atoms with van der Waals surface area (Å²) in [6.45, 7) is 4.01. The molecule has 0 aliphatic heterocycles. The maximum Gasteiger partial charge on any atom is 0.0983 e. The summed E-state index contributed by atoms with van der Waals surface area (Å²) in [5.41, 5.74) is 0.249. The zero-order chi connectivity index (χ0) is 13.3. The van der Waals surface area contributed by atoms with Gasteiger partial charge in [-0.25, -0.2) is 0 Å². The van der Waals surface area contributed by atoms with Crippen molar-refractivity contribution in [1.29, 1.82) is 0 Å². The van der Waals surface area contributed by atoms with Gasteiger partial charge in [-0.1, -0.05) is 68.3 Å². The second-order valence-electron chi connectivity index (χ2n) is 4.87. The first-order chi connectivity index (χ1) is 8.64. The van der Waals surface area contributed by atoms with E-state index >= 15 is 0 Å². The molecule has 1 rings (SSSR count). The molecular weight excluding hydrogens is 220 g/mol. The van der Waals surface area contributed by atoms with Crippen LogP contribution < -0.4 is 0 Å². The van der Waals surface area contributed by atoms with Crippen molar-refractivity contribution >= 4 is 6.08 Å². The van der Waals surface area contributed by atoms with E-state index in [-0.39, 0.29) is 0 Å². The van der Waals surface area contributed by atoms with Crippen LogP contribution in [-0.2, 0) is 0 Å². The molecule has 1 N–H and O–H groups in total. The summed E-state index contributed by atoms with van der Waals surface area (Å²) in [4.78, 5) is 0. The molecule has 1 heteroatoms. The summed E-state index contributed by atoms with van der Waals surface area (Å²) < 4.78 is 0. The van der Waals surface area contributed by atoms with E-state index in [1.807, 2.05) is 55.5 Å². The Balaban J connectivity index is 2.46. The predicted octanol–water partition coefficient (Wildman–Crippen LogP) is 4.59. The van der Waals surface area contributed by atoms with E-state index in [4.69, 9.17) is 0 Å². The molecule has 0 saturated heterocycles. The summed E-state index contributed by atoms with van der Waals surface area (Å²) in [6, 6.07) is 10.0. The van der Waals surface area contributed by atoms with Crippen LogP contribution in [0.15, 0.2) is 48.6 Å². The molecule has 0 aliphatic carbocycles. The van der Waals surface area contributed by atoms with Gasteiger partial charge in [0.05, 0.1) is 5.60 Å². The van der Waals surface area contributed by atoms with Crippen LogP contribution in [0, 0.1) is 0 Å². The van der Waals surface area contributed by atoms with Crippen LogP contribution in [0.3, 0.4) is 0 Å². The molecule has 0 spiro atoms. The third-order valence-corrected chi connectivity index (χ3v) is 2.84. The van der Waals surface area contributed by atoms with E-state index in [2.05, 4.69) is 13.0 Å². The standard InChI is InChI=1S/C17H24O/c1-3-4-5-6-10-14-17(2,18)15-13-16-11-8-7-9-12-16/h7-15,18H,3-6H2,1-2H3/b14-10+,15-13+. The molecule has 1 aromatic rings. The van der Waals surface area contributed by atoms with Gasteiger partial charge < -0.3 is 5.11 Å². The molecule has 1 nitrogen and oxygen atoms in total. The lowest BCUT2D eigenvalue weighted by Gasteiger charge is -2.13. The van der Waals surface area contributed by atoms with Gasteiger partial charge in [-0.05, 0) is 31.4 Å². The number of hydrogen-bond donors (Lipinski definition) is 1. The Morgan fingerprint density at radius 3 is 2.50 bits per heavy atom. The lowest BCUT2D eigenvalue weighted by molar-refractivity contribution is 0.164. The first kappa shape index (κ1) is 14.7. The second kappa shape index (κ2) is 7.88. The molecule has 0 saturated carbocycles. The van der Waals surface area contributed by atoms with Gasteiger partial charge in [0.15, 0.2) is 0 Å². The lowest BCUT2D eigenvalue weighted by Crippen LogP contribution is -2.16. The molecule has 0 bridgehead atoms. The highest BCUT2D eigenvalue weighted by Crippen LogP contribution is 2.12. The molecule has 1 atom stereocenters. The minimum absolute atomic E-state index is 0.859. The third-order valence-electron chi connectivity index (χ3n) is 2.84. The van der Waals surface area contributed by atoms with Crippen LogP contribution in [0.4, 0.5) is 0 Å². The summed E-state index contributed by atoms with van der Waals surface area (Å²) in [5.74, 6) is 0. The normalized spacial score (nSPS) is 15.3. The maximum absolute atomic E-state index is 10.2. The van der Waals surface area contributed by atoms with E-state index in [9.17, 15) is 5.11 Å². The van der Waals surface area contributed by atoms with Crippen LogP contribution in [0.5, 0.6) is 0 Å². The van der Waals surface area contributed by atoms with Crippen molar-refractivity contribution in [2.75, 3.05) is 0 Å². The van der Waals surface area contributed by atoms with Gasteiger partial charge >= 0.3 is 0 Å². The van der Waals surface area contributed by atoms with E-state index in [1.165, 1.54) is 19.3 Å². The molecular formula is C17H24O. The Labute approximate surface area is 111 Å². The third kappa shape index (κ3) is 6.41. The summed E-state index contributed by atoms with van der Waals surface area (Å²) >= 11 is 0. The Hall–Kier alpha value is -1.34. The highest BCUT2D eigenvalue weighted by molar-refractivity contribution is 5.50. The van der Waals surface area contributed by atoms with Crippen molar-refractivity contribution in [3.63, 3.8) is 0 Å². The van der Waals surface area contributed by atoms with E-state index < -0.39 is 5.60 Å². The second-order valence-corrected chi connectivity index (χ2v) is 4.87. The topological polar surface area (TPSA) is 20.2 Å².